The number of carbonyl (C=O) groups is 2. The molecule has 4 N–H and O–H groups in total. The number of phenolic OH excluding ortho intramolecular Hbond substituents is 1. The summed E-state index contributed by atoms with van der Waals surface area (Å²) >= 11 is 0. The Morgan fingerprint density at radius 3 is 2.50 bits per heavy atom. The number of fused-ring (bicyclic) bond motifs is 1. The predicted octanol–water partition coefficient (Wildman–Crippen LogP) is 2.35. The van der Waals surface area contributed by atoms with Crippen LogP contribution in [0.25, 0.3) is 5.57 Å². The second kappa shape index (κ2) is 6.58. The van der Waals surface area contributed by atoms with E-state index in [-0.39, 0.29) is 17.4 Å². The van der Waals surface area contributed by atoms with E-state index in [1.54, 1.807) is 42.5 Å². The molecule has 1 aliphatic carbocycles. The molecule has 0 heterocycles. The molecule has 0 saturated heterocycles. The van der Waals surface area contributed by atoms with Gasteiger partial charge >= 0.3 is 0 Å². The molecule has 0 radical (unpaired) electrons. The Labute approximate surface area is 139 Å². The molecule has 0 bridgehead atoms. The van der Waals surface area contributed by atoms with E-state index in [0.29, 0.717) is 17.6 Å². The van der Waals surface area contributed by atoms with Crippen molar-refractivity contribution in [3.8, 4) is 5.75 Å². The predicted molar refractivity (Wildman–Crippen MR) is 91.1 cm³/mol. The second-order valence-corrected chi connectivity index (χ2v) is 5.73. The summed E-state index contributed by atoms with van der Waals surface area (Å²) in [5.74, 6) is -0.859. The Morgan fingerprint density at radius 1 is 1.04 bits per heavy atom. The van der Waals surface area contributed by atoms with Crippen molar-refractivity contribution >= 4 is 17.4 Å². The van der Waals surface area contributed by atoms with E-state index in [2.05, 4.69) is 5.32 Å². The molecule has 0 aromatic heterocycles. The molecule has 5 heteroatoms. The molecule has 2 amide bonds. The molecule has 0 aliphatic heterocycles. The van der Waals surface area contributed by atoms with Crippen LogP contribution >= 0.6 is 0 Å². The summed E-state index contributed by atoms with van der Waals surface area (Å²) in [7, 11) is 0. The van der Waals surface area contributed by atoms with Gasteiger partial charge in [0.15, 0.2) is 0 Å². The van der Waals surface area contributed by atoms with Gasteiger partial charge in [-0.1, -0.05) is 24.3 Å². The van der Waals surface area contributed by atoms with E-state index < -0.39 is 5.91 Å². The Hall–Kier alpha value is -3.08. The van der Waals surface area contributed by atoms with Gasteiger partial charge in [-0.15, -0.1) is 0 Å². The largest absolute Gasteiger partial charge is 0.508 e. The third kappa shape index (κ3) is 3.15. The number of benzene rings is 2. The number of allylic oxidation sites excluding steroid dienone is 1. The number of amides is 2. The number of hydrogen-bond acceptors (Lipinski definition) is 3. The number of hydrogen-bond donors (Lipinski definition) is 3. The van der Waals surface area contributed by atoms with Crippen molar-refractivity contribution in [2.24, 2.45) is 5.73 Å². The minimum Gasteiger partial charge on any atom is -0.508 e. The van der Waals surface area contributed by atoms with Crippen LogP contribution in [0.4, 0.5) is 0 Å². The SMILES string of the molecule is NC(=O)/C(NC(=O)c1ccccc1)=C1\CCCc2cc(O)ccc21. The number of nitrogens with two attached hydrogens (primary N) is 1. The van der Waals surface area contributed by atoms with Gasteiger partial charge in [0.1, 0.15) is 11.4 Å². The van der Waals surface area contributed by atoms with Gasteiger partial charge in [0.2, 0.25) is 0 Å². The van der Waals surface area contributed by atoms with E-state index in [0.717, 1.165) is 24.0 Å². The molecule has 0 atom stereocenters. The first-order valence-electron chi connectivity index (χ1n) is 7.78. The van der Waals surface area contributed by atoms with Crippen LogP contribution in [-0.4, -0.2) is 16.9 Å². The lowest BCUT2D eigenvalue weighted by molar-refractivity contribution is -0.114. The summed E-state index contributed by atoms with van der Waals surface area (Å²) in [5, 5.41) is 12.3. The first-order valence-corrected chi connectivity index (χ1v) is 7.78. The summed E-state index contributed by atoms with van der Waals surface area (Å²) in [6.45, 7) is 0. The van der Waals surface area contributed by atoms with Crippen LogP contribution in [0.5, 0.6) is 5.75 Å². The molecule has 0 spiro atoms. The zero-order valence-corrected chi connectivity index (χ0v) is 13.1. The van der Waals surface area contributed by atoms with E-state index >= 15 is 0 Å². The molecule has 122 valence electrons. The van der Waals surface area contributed by atoms with Crippen LogP contribution < -0.4 is 11.1 Å². The van der Waals surface area contributed by atoms with Gasteiger partial charge in [-0.05, 0) is 60.2 Å². The van der Waals surface area contributed by atoms with E-state index in [9.17, 15) is 14.7 Å². The smallest absolute Gasteiger partial charge is 0.265 e. The number of rotatable bonds is 3. The Morgan fingerprint density at radius 2 is 1.79 bits per heavy atom. The first kappa shape index (κ1) is 15.8. The van der Waals surface area contributed by atoms with Gasteiger partial charge in [0.25, 0.3) is 11.8 Å². The summed E-state index contributed by atoms with van der Waals surface area (Å²) in [4.78, 5) is 24.3. The highest BCUT2D eigenvalue weighted by Crippen LogP contribution is 2.34. The number of carbonyl (C=O) groups excluding carboxylic acids is 2. The molecule has 0 fully saturated rings. The van der Waals surface area contributed by atoms with E-state index in [4.69, 9.17) is 5.73 Å². The zero-order chi connectivity index (χ0) is 17.1. The maximum atomic E-state index is 12.4. The van der Waals surface area contributed by atoms with Gasteiger partial charge in [-0.3, -0.25) is 9.59 Å². The third-order valence-corrected chi connectivity index (χ3v) is 4.11. The standard InChI is InChI=1S/C19H18N2O3/c20-18(23)17(21-19(24)12-5-2-1-3-6-12)16-8-4-7-13-11-14(22)9-10-15(13)16/h1-3,5-6,9-11,22H,4,7-8H2,(H2,20,23)(H,21,24)/b17-16-. The summed E-state index contributed by atoms with van der Waals surface area (Å²) in [6, 6.07) is 13.7. The Bertz CT molecular complexity index is 826. The fourth-order valence-corrected chi connectivity index (χ4v) is 2.99. The lowest BCUT2D eigenvalue weighted by Crippen LogP contribution is -2.32. The van der Waals surface area contributed by atoms with Crippen molar-refractivity contribution in [3.05, 3.63) is 70.9 Å². The molecule has 2 aromatic rings. The van der Waals surface area contributed by atoms with Crippen molar-refractivity contribution in [3.63, 3.8) is 0 Å². The molecule has 1 aliphatic rings. The van der Waals surface area contributed by atoms with Gasteiger partial charge in [0.05, 0.1) is 0 Å². The lowest BCUT2D eigenvalue weighted by Gasteiger charge is -2.22. The van der Waals surface area contributed by atoms with Crippen molar-refractivity contribution in [1.29, 1.82) is 0 Å². The Kier molecular flexibility index (Phi) is 4.33. The van der Waals surface area contributed by atoms with Crippen LogP contribution in [0, 0.1) is 0 Å². The van der Waals surface area contributed by atoms with Crippen LogP contribution in [0.1, 0.15) is 34.3 Å². The molecule has 2 aromatic carbocycles. The average Bonchev–Trinajstić information content (AvgIpc) is 2.59. The molecule has 0 saturated carbocycles. The van der Waals surface area contributed by atoms with Crippen molar-refractivity contribution in [2.45, 2.75) is 19.3 Å². The third-order valence-electron chi connectivity index (χ3n) is 4.11. The van der Waals surface area contributed by atoms with Crippen molar-refractivity contribution < 1.29 is 14.7 Å². The monoisotopic (exact) mass is 322 g/mol. The topological polar surface area (TPSA) is 92.4 Å². The van der Waals surface area contributed by atoms with Gasteiger partial charge < -0.3 is 16.2 Å². The number of phenols is 1. The molecule has 0 unspecified atom stereocenters. The van der Waals surface area contributed by atoms with Gasteiger partial charge in [-0.2, -0.15) is 0 Å². The summed E-state index contributed by atoms with van der Waals surface area (Å²) in [5.41, 5.74) is 8.61. The number of aromatic hydroxyl groups is 1. The van der Waals surface area contributed by atoms with Crippen LogP contribution in [-0.2, 0) is 11.2 Å². The van der Waals surface area contributed by atoms with Crippen LogP contribution in [0.15, 0.2) is 54.2 Å². The lowest BCUT2D eigenvalue weighted by atomic mass is 9.86. The molecule has 24 heavy (non-hydrogen) atoms. The second-order valence-electron chi connectivity index (χ2n) is 5.73. The quantitative estimate of drug-likeness (QED) is 0.757. The highest BCUT2D eigenvalue weighted by atomic mass is 16.3. The highest BCUT2D eigenvalue weighted by Gasteiger charge is 2.22. The minimum absolute atomic E-state index is 0.121. The molecular weight excluding hydrogens is 304 g/mol. The minimum atomic E-state index is -0.671. The molecular formula is C19H18N2O3. The van der Waals surface area contributed by atoms with Gasteiger partial charge in [0, 0.05) is 5.56 Å². The number of primary amides is 1. The highest BCUT2D eigenvalue weighted by molar-refractivity contribution is 6.07. The van der Waals surface area contributed by atoms with Crippen LogP contribution in [0.2, 0.25) is 0 Å². The average molecular weight is 322 g/mol. The maximum Gasteiger partial charge on any atom is 0.265 e. The van der Waals surface area contributed by atoms with Gasteiger partial charge in [-0.25, -0.2) is 0 Å². The van der Waals surface area contributed by atoms with Crippen molar-refractivity contribution in [1.82, 2.24) is 5.32 Å². The molecule has 5 nitrogen and oxygen atoms in total. The first-order chi connectivity index (χ1) is 11.6. The number of aryl methyl sites for hydroxylation is 1. The number of nitrogens with one attached hydrogen (secondary N) is 1. The van der Waals surface area contributed by atoms with Crippen molar-refractivity contribution in [2.75, 3.05) is 0 Å². The van der Waals surface area contributed by atoms with Crippen LogP contribution in [0.3, 0.4) is 0 Å². The normalized spacial score (nSPS) is 15.3. The fourth-order valence-electron chi connectivity index (χ4n) is 2.99. The summed E-state index contributed by atoms with van der Waals surface area (Å²) in [6.07, 6.45) is 2.28. The van der Waals surface area contributed by atoms with E-state index in [1.165, 1.54) is 0 Å². The maximum absolute atomic E-state index is 12.4. The molecule has 3 rings (SSSR count). The fraction of sp³-hybridized carbons (Fsp3) is 0.158. The Balaban J connectivity index is 2.01. The summed E-state index contributed by atoms with van der Waals surface area (Å²) < 4.78 is 0. The van der Waals surface area contributed by atoms with E-state index in [1.807, 2.05) is 6.07 Å². The zero-order valence-electron chi connectivity index (χ0n) is 13.1.